The first-order valence-electron chi connectivity index (χ1n) is 6.67. The van der Waals surface area contributed by atoms with Gasteiger partial charge in [-0.05, 0) is 6.42 Å². The fourth-order valence-corrected chi connectivity index (χ4v) is 2.27. The minimum atomic E-state index is -4.08. The van der Waals surface area contributed by atoms with Gasteiger partial charge in [0.15, 0.2) is 0 Å². The van der Waals surface area contributed by atoms with E-state index in [0.29, 0.717) is 26.2 Å². The second-order valence-corrected chi connectivity index (χ2v) is 5.09. The van der Waals surface area contributed by atoms with E-state index in [2.05, 4.69) is 11.8 Å². The van der Waals surface area contributed by atoms with Crippen molar-refractivity contribution in [2.45, 2.75) is 38.4 Å². The maximum Gasteiger partial charge on any atom is 0.401 e. The largest absolute Gasteiger partial charge is 0.401 e. The lowest BCUT2D eigenvalue weighted by atomic mass is 10.1. The lowest BCUT2D eigenvalue weighted by molar-refractivity contribution is -0.149. The lowest BCUT2D eigenvalue weighted by Crippen LogP contribution is -2.51. The van der Waals surface area contributed by atoms with Crippen LogP contribution in [0.5, 0.6) is 0 Å². The van der Waals surface area contributed by atoms with Crippen LogP contribution < -0.4 is 5.73 Å². The van der Waals surface area contributed by atoms with Gasteiger partial charge in [0, 0.05) is 38.8 Å². The van der Waals surface area contributed by atoms with Crippen molar-refractivity contribution < 1.29 is 13.2 Å². The number of alkyl halides is 3. The van der Waals surface area contributed by atoms with E-state index in [1.165, 1.54) is 4.90 Å². The summed E-state index contributed by atoms with van der Waals surface area (Å²) in [5.41, 5.74) is 5.99. The van der Waals surface area contributed by atoms with Crippen LogP contribution in [-0.4, -0.2) is 61.3 Å². The maximum absolute atomic E-state index is 12.2. The van der Waals surface area contributed by atoms with Crippen molar-refractivity contribution in [1.82, 2.24) is 9.80 Å². The summed E-state index contributed by atoms with van der Waals surface area (Å²) in [6, 6.07) is 0.152. The molecule has 2 N–H and O–H groups in total. The molecule has 0 bridgehead atoms. The Morgan fingerprint density at radius 2 is 1.67 bits per heavy atom. The van der Waals surface area contributed by atoms with Crippen LogP contribution in [0.2, 0.25) is 0 Å². The van der Waals surface area contributed by atoms with Crippen molar-refractivity contribution in [3.63, 3.8) is 0 Å². The van der Waals surface area contributed by atoms with Crippen LogP contribution >= 0.6 is 0 Å². The Morgan fingerprint density at radius 1 is 1.11 bits per heavy atom. The summed E-state index contributed by atoms with van der Waals surface area (Å²) in [6.45, 7) is 4.50. The van der Waals surface area contributed by atoms with Gasteiger partial charge in [0.05, 0.1) is 6.54 Å². The predicted molar refractivity (Wildman–Crippen MR) is 66.4 cm³/mol. The first-order valence-corrected chi connectivity index (χ1v) is 6.67. The smallest absolute Gasteiger partial charge is 0.327 e. The molecule has 1 heterocycles. The molecule has 0 aromatic rings. The third-order valence-electron chi connectivity index (χ3n) is 3.29. The zero-order chi connectivity index (χ0) is 13.6. The quantitative estimate of drug-likeness (QED) is 0.795. The second-order valence-electron chi connectivity index (χ2n) is 5.09. The van der Waals surface area contributed by atoms with E-state index in [1.807, 2.05) is 0 Å². The number of hydrogen-bond donors (Lipinski definition) is 1. The summed E-state index contributed by atoms with van der Waals surface area (Å²) >= 11 is 0. The average molecular weight is 267 g/mol. The molecule has 0 amide bonds. The third kappa shape index (κ3) is 6.56. The highest BCUT2D eigenvalue weighted by Gasteiger charge is 2.32. The molecule has 1 saturated heterocycles. The van der Waals surface area contributed by atoms with Crippen LogP contribution in [0.15, 0.2) is 0 Å². The molecule has 108 valence electrons. The van der Waals surface area contributed by atoms with Crippen LogP contribution in [0.25, 0.3) is 0 Å². The standard InChI is InChI=1S/C12H24F3N3/c1-2-3-4-11(16)9-17-5-7-18(8-6-17)10-12(13,14)15/h11H,2-10,16H2,1H3. The topological polar surface area (TPSA) is 32.5 Å². The Morgan fingerprint density at radius 3 is 2.17 bits per heavy atom. The van der Waals surface area contributed by atoms with E-state index < -0.39 is 12.7 Å². The van der Waals surface area contributed by atoms with Gasteiger partial charge in [-0.2, -0.15) is 13.2 Å². The van der Waals surface area contributed by atoms with Crippen molar-refractivity contribution in [2.75, 3.05) is 39.3 Å². The Kier molecular flexibility index (Phi) is 6.38. The molecular formula is C12H24F3N3. The summed E-state index contributed by atoms with van der Waals surface area (Å²) in [6.07, 6.45) is -0.832. The third-order valence-corrected chi connectivity index (χ3v) is 3.29. The van der Waals surface area contributed by atoms with E-state index in [4.69, 9.17) is 5.73 Å². The van der Waals surface area contributed by atoms with Crippen LogP contribution in [-0.2, 0) is 0 Å². The average Bonchev–Trinajstić information content (AvgIpc) is 2.27. The van der Waals surface area contributed by atoms with Crippen molar-refractivity contribution in [3.8, 4) is 0 Å². The summed E-state index contributed by atoms with van der Waals surface area (Å²) in [7, 11) is 0. The molecule has 0 spiro atoms. The van der Waals surface area contributed by atoms with Crippen LogP contribution in [0.3, 0.4) is 0 Å². The van der Waals surface area contributed by atoms with Gasteiger partial charge in [-0.15, -0.1) is 0 Å². The summed E-state index contributed by atoms with van der Waals surface area (Å²) in [5, 5.41) is 0. The minimum Gasteiger partial charge on any atom is -0.327 e. The van der Waals surface area contributed by atoms with Gasteiger partial charge >= 0.3 is 6.18 Å². The Hall–Kier alpha value is -0.330. The normalized spacial score (nSPS) is 21.2. The molecule has 0 aromatic heterocycles. The Balaban J connectivity index is 2.19. The maximum atomic E-state index is 12.2. The number of nitrogens with two attached hydrogens (primary N) is 1. The van der Waals surface area contributed by atoms with Crippen molar-refractivity contribution in [3.05, 3.63) is 0 Å². The highest BCUT2D eigenvalue weighted by atomic mass is 19.4. The number of rotatable bonds is 6. The number of halogens is 3. The fourth-order valence-electron chi connectivity index (χ4n) is 2.27. The van der Waals surface area contributed by atoms with Gasteiger partial charge in [-0.3, -0.25) is 9.80 Å². The zero-order valence-corrected chi connectivity index (χ0v) is 11.0. The van der Waals surface area contributed by atoms with Crippen LogP contribution in [0.4, 0.5) is 13.2 Å². The minimum absolute atomic E-state index is 0.152. The molecule has 0 aliphatic carbocycles. The molecular weight excluding hydrogens is 243 g/mol. The molecule has 1 atom stereocenters. The highest BCUT2D eigenvalue weighted by Crippen LogP contribution is 2.17. The van der Waals surface area contributed by atoms with E-state index in [1.54, 1.807) is 0 Å². The molecule has 0 aromatic carbocycles. The van der Waals surface area contributed by atoms with E-state index in [9.17, 15) is 13.2 Å². The predicted octanol–water partition coefficient (Wildman–Crippen LogP) is 1.68. The monoisotopic (exact) mass is 267 g/mol. The summed E-state index contributed by atoms with van der Waals surface area (Å²) in [5.74, 6) is 0. The Bertz CT molecular complexity index is 225. The molecule has 0 saturated carbocycles. The van der Waals surface area contributed by atoms with Crippen molar-refractivity contribution in [2.24, 2.45) is 5.73 Å². The molecule has 1 fully saturated rings. The van der Waals surface area contributed by atoms with Gasteiger partial charge in [0.2, 0.25) is 0 Å². The van der Waals surface area contributed by atoms with Gasteiger partial charge in [0.25, 0.3) is 0 Å². The number of hydrogen-bond acceptors (Lipinski definition) is 3. The molecule has 1 unspecified atom stereocenters. The highest BCUT2D eigenvalue weighted by molar-refractivity contribution is 4.77. The number of piperazine rings is 1. The Labute approximate surface area is 107 Å². The molecule has 0 radical (unpaired) electrons. The zero-order valence-electron chi connectivity index (χ0n) is 11.0. The van der Waals surface area contributed by atoms with Crippen molar-refractivity contribution in [1.29, 1.82) is 0 Å². The van der Waals surface area contributed by atoms with Gasteiger partial charge in [-0.1, -0.05) is 19.8 Å². The van der Waals surface area contributed by atoms with E-state index in [-0.39, 0.29) is 6.04 Å². The van der Waals surface area contributed by atoms with E-state index in [0.717, 1.165) is 25.8 Å². The van der Waals surface area contributed by atoms with Gasteiger partial charge < -0.3 is 5.73 Å². The van der Waals surface area contributed by atoms with Gasteiger partial charge in [0.1, 0.15) is 0 Å². The van der Waals surface area contributed by atoms with Crippen LogP contribution in [0.1, 0.15) is 26.2 Å². The SMILES string of the molecule is CCCCC(N)CN1CCN(CC(F)(F)F)CC1. The first kappa shape index (κ1) is 15.7. The molecule has 1 aliphatic heterocycles. The van der Waals surface area contributed by atoms with Crippen molar-refractivity contribution >= 4 is 0 Å². The number of nitrogens with zero attached hydrogens (tertiary/aromatic N) is 2. The molecule has 18 heavy (non-hydrogen) atoms. The second kappa shape index (κ2) is 7.31. The molecule has 1 aliphatic rings. The summed E-state index contributed by atoms with van der Waals surface area (Å²) < 4.78 is 36.6. The number of unbranched alkanes of at least 4 members (excludes halogenated alkanes) is 1. The molecule has 3 nitrogen and oxygen atoms in total. The van der Waals surface area contributed by atoms with E-state index >= 15 is 0 Å². The fraction of sp³-hybridized carbons (Fsp3) is 1.00. The molecule has 1 rings (SSSR count). The van der Waals surface area contributed by atoms with Gasteiger partial charge in [-0.25, -0.2) is 0 Å². The van der Waals surface area contributed by atoms with Crippen LogP contribution in [0, 0.1) is 0 Å². The first-order chi connectivity index (χ1) is 8.40. The molecule has 6 heteroatoms. The lowest BCUT2D eigenvalue weighted by Gasteiger charge is -2.36. The summed E-state index contributed by atoms with van der Waals surface area (Å²) in [4.78, 5) is 3.64.